The summed E-state index contributed by atoms with van der Waals surface area (Å²) in [6.45, 7) is 1.45. The number of nitrogens with zero attached hydrogens (tertiary/aromatic N) is 10. The lowest BCUT2D eigenvalue weighted by atomic mass is 10.1. The fourth-order valence-electron chi connectivity index (χ4n) is 3.58. The minimum atomic E-state index is 0.541. The van der Waals surface area contributed by atoms with Crippen molar-refractivity contribution in [1.82, 2.24) is 40.4 Å². The van der Waals surface area contributed by atoms with Crippen LogP contribution in [0.2, 0.25) is 0 Å². The van der Waals surface area contributed by atoms with Gasteiger partial charge in [-0.3, -0.25) is 0 Å². The second-order valence-corrected chi connectivity index (χ2v) is 7.92. The zero-order valence-corrected chi connectivity index (χ0v) is 18.7. The highest BCUT2D eigenvalue weighted by molar-refractivity contribution is 5.57. The minimum absolute atomic E-state index is 0.541. The molecule has 10 nitrogen and oxygen atoms in total. The van der Waals surface area contributed by atoms with Gasteiger partial charge in [-0.1, -0.05) is 49.9 Å². The maximum Gasteiger partial charge on any atom is 0.204 e. The van der Waals surface area contributed by atoms with Gasteiger partial charge >= 0.3 is 0 Å². The standard InChI is InChI=1S/C24H24N10/c25-17-19-9-7-11-21(15-19)23-27-31-33(29-23)13-5-3-1-2-4-6-14-34-30-24(28-32-34)22-12-8-10-20(16-22)18-26/h7-12,15-16H,1-6,13-14H2. The van der Waals surface area contributed by atoms with Gasteiger partial charge in [-0.25, -0.2) is 0 Å². The number of unbranched alkanes of at least 4 members (excludes halogenated alkanes) is 5. The monoisotopic (exact) mass is 452 g/mol. The summed E-state index contributed by atoms with van der Waals surface area (Å²) >= 11 is 0. The third-order valence-corrected chi connectivity index (χ3v) is 5.37. The van der Waals surface area contributed by atoms with Gasteiger partial charge in [0.15, 0.2) is 0 Å². The second-order valence-electron chi connectivity index (χ2n) is 7.92. The van der Waals surface area contributed by atoms with Crippen molar-refractivity contribution in [3.63, 3.8) is 0 Å². The van der Waals surface area contributed by atoms with Crippen molar-refractivity contribution in [2.24, 2.45) is 0 Å². The Morgan fingerprint density at radius 3 is 1.50 bits per heavy atom. The van der Waals surface area contributed by atoms with Crippen LogP contribution in [0.25, 0.3) is 22.8 Å². The van der Waals surface area contributed by atoms with Crippen LogP contribution in [0.5, 0.6) is 0 Å². The van der Waals surface area contributed by atoms with Crippen LogP contribution in [0, 0.1) is 22.7 Å². The van der Waals surface area contributed by atoms with E-state index in [0.717, 1.165) is 62.7 Å². The van der Waals surface area contributed by atoms with Crippen molar-refractivity contribution in [2.45, 2.75) is 51.6 Å². The molecule has 0 N–H and O–H groups in total. The van der Waals surface area contributed by atoms with E-state index in [4.69, 9.17) is 10.5 Å². The lowest BCUT2D eigenvalue weighted by Crippen LogP contribution is -2.03. The maximum atomic E-state index is 9.02. The van der Waals surface area contributed by atoms with E-state index < -0.39 is 0 Å². The smallest absolute Gasteiger partial charge is 0.192 e. The molecule has 0 aliphatic carbocycles. The Bertz CT molecular complexity index is 1210. The number of hydrogen-bond donors (Lipinski definition) is 0. The Morgan fingerprint density at radius 1 is 0.618 bits per heavy atom. The Balaban J connectivity index is 1.11. The second kappa shape index (κ2) is 11.4. The van der Waals surface area contributed by atoms with Crippen LogP contribution < -0.4 is 0 Å². The molecule has 10 heteroatoms. The average molecular weight is 453 g/mol. The van der Waals surface area contributed by atoms with E-state index in [1.165, 1.54) is 0 Å². The molecule has 2 aromatic carbocycles. The molecule has 0 spiro atoms. The normalized spacial score (nSPS) is 10.6. The molecule has 0 amide bonds. The van der Waals surface area contributed by atoms with Crippen molar-refractivity contribution in [3.05, 3.63) is 59.7 Å². The minimum Gasteiger partial charge on any atom is -0.192 e. The molecule has 0 aliphatic heterocycles. The molecule has 4 rings (SSSR count). The van der Waals surface area contributed by atoms with Crippen LogP contribution in [-0.4, -0.2) is 40.4 Å². The van der Waals surface area contributed by atoms with E-state index in [-0.39, 0.29) is 0 Å². The Kier molecular flexibility index (Phi) is 7.65. The number of aromatic nitrogens is 8. The first-order valence-electron chi connectivity index (χ1n) is 11.3. The van der Waals surface area contributed by atoms with E-state index in [0.29, 0.717) is 22.8 Å². The van der Waals surface area contributed by atoms with Gasteiger partial charge in [0.2, 0.25) is 11.6 Å². The lowest BCUT2D eigenvalue weighted by Gasteiger charge is -2.02. The van der Waals surface area contributed by atoms with Gasteiger partial charge in [-0.2, -0.15) is 20.1 Å². The highest BCUT2D eigenvalue weighted by atomic mass is 15.6. The molecular formula is C24H24N10. The fourth-order valence-corrected chi connectivity index (χ4v) is 3.58. The van der Waals surface area contributed by atoms with Crippen molar-refractivity contribution >= 4 is 0 Å². The molecular weight excluding hydrogens is 428 g/mol. The molecule has 2 heterocycles. The zero-order valence-electron chi connectivity index (χ0n) is 18.7. The van der Waals surface area contributed by atoms with Crippen LogP contribution in [0.15, 0.2) is 48.5 Å². The maximum absolute atomic E-state index is 9.02. The molecule has 0 fully saturated rings. The van der Waals surface area contributed by atoms with Crippen LogP contribution in [0.4, 0.5) is 0 Å². The van der Waals surface area contributed by atoms with Gasteiger partial charge in [-0.15, -0.1) is 20.4 Å². The molecule has 0 atom stereocenters. The zero-order chi connectivity index (χ0) is 23.6. The molecule has 0 radical (unpaired) electrons. The quantitative estimate of drug-likeness (QED) is 0.314. The third kappa shape index (κ3) is 6.08. The summed E-state index contributed by atoms with van der Waals surface area (Å²) < 4.78 is 0. The summed E-state index contributed by atoms with van der Waals surface area (Å²) in [6.07, 6.45) is 6.46. The van der Waals surface area contributed by atoms with Crippen molar-refractivity contribution in [1.29, 1.82) is 10.5 Å². The molecule has 170 valence electrons. The van der Waals surface area contributed by atoms with Gasteiger partial charge in [0.1, 0.15) is 0 Å². The van der Waals surface area contributed by atoms with Gasteiger partial charge < -0.3 is 0 Å². The summed E-state index contributed by atoms with van der Waals surface area (Å²) in [5.74, 6) is 1.08. The summed E-state index contributed by atoms with van der Waals surface area (Å²) in [4.78, 5) is 3.24. The van der Waals surface area contributed by atoms with Crippen LogP contribution in [-0.2, 0) is 13.1 Å². The first-order chi connectivity index (χ1) is 16.7. The molecule has 0 unspecified atom stereocenters. The predicted molar refractivity (Wildman–Crippen MR) is 124 cm³/mol. The molecule has 0 saturated heterocycles. The van der Waals surface area contributed by atoms with Gasteiger partial charge in [0, 0.05) is 11.1 Å². The van der Waals surface area contributed by atoms with Gasteiger partial charge in [0.25, 0.3) is 0 Å². The van der Waals surface area contributed by atoms with Gasteiger partial charge in [0.05, 0.1) is 36.4 Å². The third-order valence-electron chi connectivity index (χ3n) is 5.37. The molecule has 0 aliphatic rings. The highest BCUT2D eigenvalue weighted by Crippen LogP contribution is 2.16. The van der Waals surface area contributed by atoms with Crippen molar-refractivity contribution in [2.75, 3.05) is 0 Å². The predicted octanol–water partition coefficient (Wildman–Crippen LogP) is 3.78. The van der Waals surface area contributed by atoms with E-state index in [1.54, 1.807) is 33.9 Å². The Labute approximate surface area is 197 Å². The van der Waals surface area contributed by atoms with Crippen LogP contribution >= 0.6 is 0 Å². The number of rotatable bonds is 11. The summed E-state index contributed by atoms with van der Waals surface area (Å²) in [5.41, 5.74) is 2.77. The molecule has 0 bridgehead atoms. The molecule has 34 heavy (non-hydrogen) atoms. The summed E-state index contributed by atoms with van der Waals surface area (Å²) in [6, 6.07) is 18.7. The molecule has 2 aromatic heterocycles. The number of nitriles is 2. The van der Waals surface area contributed by atoms with E-state index in [9.17, 15) is 0 Å². The Hall–Kier alpha value is -4.44. The topological polar surface area (TPSA) is 135 Å². The number of aryl methyl sites for hydroxylation is 2. The first kappa shape index (κ1) is 22.7. The summed E-state index contributed by atoms with van der Waals surface area (Å²) in [5, 5.41) is 43.3. The molecule has 4 aromatic rings. The SMILES string of the molecule is N#Cc1cccc(-c2nnn(CCCCCCCCn3nnc(-c4cccc(C#N)c4)n3)n2)c1. The van der Waals surface area contributed by atoms with Gasteiger partial charge in [-0.05, 0) is 47.5 Å². The number of tetrazole rings is 2. The first-order valence-corrected chi connectivity index (χ1v) is 11.3. The van der Waals surface area contributed by atoms with Crippen molar-refractivity contribution < 1.29 is 0 Å². The number of benzene rings is 2. The average Bonchev–Trinajstić information content (AvgIpc) is 3.56. The Morgan fingerprint density at radius 2 is 1.06 bits per heavy atom. The van der Waals surface area contributed by atoms with Crippen molar-refractivity contribution in [3.8, 4) is 34.9 Å². The van der Waals surface area contributed by atoms with E-state index in [1.807, 2.05) is 24.3 Å². The van der Waals surface area contributed by atoms with Crippen LogP contribution in [0.1, 0.15) is 49.7 Å². The number of hydrogen-bond acceptors (Lipinski definition) is 8. The lowest BCUT2D eigenvalue weighted by molar-refractivity contribution is 0.455. The van der Waals surface area contributed by atoms with Crippen LogP contribution in [0.3, 0.4) is 0 Å². The highest BCUT2D eigenvalue weighted by Gasteiger charge is 2.08. The molecule has 0 saturated carbocycles. The summed E-state index contributed by atoms with van der Waals surface area (Å²) in [7, 11) is 0. The largest absolute Gasteiger partial charge is 0.204 e. The van der Waals surface area contributed by atoms with E-state index >= 15 is 0 Å². The van der Waals surface area contributed by atoms with E-state index in [2.05, 4.69) is 43.0 Å². The fraction of sp³-hybridized carbons (Fsp3) is 0.333.